The molecular weight excluding hydrogens is 540 g/mol. The highest BCUT2D eigenvalue weighted by Crippen LogP contribution is 2.24. The van der Waals surface area contributed by atoms with Gasteiger partial charge in [-0.2, -0.15) is 0 Å². The zero-order valence-electron chi connectivity index (χ0n) is 20.0. The number of carbonyl (C=O) groups is 1. The predicted octanol–water partition coefficient (Wildman–Crippen LogP) is 5.32. The van der Waals surface area contributed by atoms with Crippen LogP contribution in [-0.4, -0.2) is 26.9 Å². The molecule has 7 nitrogen and oxygen atoms in total. The lowest BCUT2D eigenvalue weighted by Gasteiger charge is -2.21. The van der Waals surface area contributed by atoms with Crippen LogP contribution in [0.25, 0.3) is 0 Å². The van der Waals surface area contributed by atoms with Crippen molar-refractivity contribution in [2.45, 2.75) is 30.8 Å². The highest BCUT2D eigenvalue weighted by atomic mass is 79.9. The first-order valence-electron chi connectivity index (χ1n) is 11.4. The molecule has 0 saturated heterocycles. The molecule has 0 radical (unpaired) electrons. The lowest BCUT2D eigenvalue weighted by Crippen LogP contribution is -2.40. The van der Waals surface area contributed by atoms with Crippen LogP contribution in [0.1, 0.15) is 28.6 Å². The number of nitrogens with zero attached hydrogens (tertiary/aromatic N) is 2. The van der Waals surface area contributed by atoms with Gasteiger partial charge >= 0.3 is 6.03 Å². The number of aromatic nitrogens is 2. The quantitative estimate of drug-likeness (QED) is 0.287. The number of hydrogen-bond donors (Lipinski definition) is 2. The first kappa shape index (κ1) is 25.7. The molecule has 0 aliphatic carbocycles. The monoisotopic (exact) mass is 566 g/mol. The summed E-state index contributed by atoms with van der Waals surface area (Å²) in [7, 11) is -0.0511. The third kappa shape index (κ3) is 6.61. The van der Waals surface area contributed by atoms with E-state index in [2.05, 4.69) is 31.0 Å². The van der Waals surface area contributed by atoms with Crippen molar-refractivity contribution in [2.75, 3.05) is 7.11 Å². The lowest BCUT2D eigenvalue weighted by molar-refractivity contribution is 0.241. The maximum Gasteiger partial charge on any atom is 0.327 e. The van der Waals surface area contributed by atoms with Crippen molar-refractivity contribution in [3.8, 4) is 5.75 Å². The molecule has 0 bridgehead atoms. The number of aryl methyl sites for hydroxylation is 1. The van der Waals surface area contributed by atoms with Gasteiger partial charge in [0.25, 0.3) is 0 Å². The zero-order chi connectivity index (χ0) is 25.5. The summed E-state index contributed by atoms with van der Waals surface area (Å²) in [5, 5.41) is 2.98. The van der Waals surface area contributed by atoms with Gasteiger partial charge in [-0.15, -0.1) is 0 Å². The predicted molar refractivity (Wildman–Crippen MR) is 144 cm³/mol. The maximum atomic E-state index is 12.9. The first-order valence-corrected chi connectivity index (χ1v) is 13.3. The van der Waals surface area contributed by atoms with Gasteiger partial charge in [-0.05, 0) is 64.7 Å². The van der Waals surface area contributed by atoms with Gasteiger partial charge in [0.1, 0.15) is 16.2 Å². The third-order valence-corrected chi connectivity index (χ3v) is 7.36. The molecule has 0 spiro atoms. The molecular formula is C27H27BrN4O3S. The van der Waals surface area contributed by atoms with Gasteiger partial charge in [0.05, 0.1) is 24.2 Å². The van der Waals surface area contributed by atoms with E-state index in [1.54, 1.807) is 25.4 Å². The largest absolute Gasteiger partial charge is 0.497 e. The van der Waals surface area contributed by atoms with E-state index in [4.69, 9.17) is 4.74 Å². The number of ether oxygens (including phenoxy) is 1. The number of halogens is 1. The average Bonchev–Trinajstić information content (AvgIpc) is 3.24. The topological polar surface area (TPSA) is 85.2 Å². The Balaban J connectivity index is 1.57. The highest BCUT2D eigenvalue weighted by Gasteiger charge is 2.23. The number of imidazole rings is 1. The fourth-order valence-electron chi connectivity index (χ4n) is 3.77. The van der Waals surface area contributed by atoms with Crippen LogP contribution in [-0.2, 0) is 24.0 Å². The maximum absolute atomic E-state index is 12.9. The molecule has 1 heterocycles. The smallest absolute Gasteiger partial charge is 0.327 e. The number of benzene rings is 3. The van der Waals surface area contributed by atoms with Gasteiger partial charge in [-0.3, -0.25) is 4.72 Å². The Kier molecular flexibility index (Phi) is 8.56. The van der Waals surface area contributed by atoms with Crippen molar-refractivity contribution in [1.29, 1.82) is 0 Å². The Bertz CT molecular complexity index is 1330. The Hall–Kier alpha value is -3.43. The van der Waals surface area contributed by atoms with E-state index in [1.165, 1.54) is 0 Å². The van der Waals surface area contributed by atoms with Crippen molar-refractivity contribution in [3.05, 3.63) is 112 Å². The van der Waals surface area contributed by atoms with Gasteiger partial charge in [-0.1, -0.05) is 60.2 Å². The molecule has 186 valence electrons. The fraction of sp³-hybridized carbons (Fsp3) is 0.185. The Morgan fingerprint density at radius 2 is 1.72 bits per heavy atom. The summed E-state index contributed by atoms with van der Waals surface area (Å²) >= 11 is 3.60. The molecule has 4 aromatic rings. The second-order valence-corrected chi connectivity index (χ2v) is 10.3. The van der Waals surface area contributed by atoms with Gasteiger partial charge in [0.15, 0.2) is 11.0 Å². The molecule has 0 saturated carbocycles. The van der Waals surface area contributed by atoms with Crippen molar-refractivity contribution in [3.63, 3.8) is 0 Å². The van der Waals surface area contributed by atoms with Crippen LogP contribution in [0.15, 0.2) is 94.6 Å². The number of urea groups is 1. The lowest BCUT2D eigenvalue weighted by atomic mass is 10.1. The zero-order valence-corrected chi connectivity index (χ0v) is 22.4. The molecule has 2 N–H and O–H groups in total. The standard InChI is InChI=1S/C27H27BrN4O3S/c1-19-8-14-23(15-9-19)36(34)31-27(33)30-24(16-20-6-4-3-5-7-20)26-29-17-25(28)32(26)18-21-10-12-22(35-2)13-11-21/h3-15,17,24H,16,18H2,1-2H3,(H2,30,31,33). The Labute approximate surface area is 221 Å². The highest BCUT2D eigenvalue weighted by molar-refractivity contribution is 9.10. The van der Waals surface area contributed by atoms with E-state index in [-0.39, 0.29) is 0 Å². The van der Waals surface area contributed by atoms with Gasteiger partial charge in [-0.25, -0.2) is 14.0 Å². The van der Waals surface area contributed by atoms with Gasteiger partial charge in [0.2, 0.25) is 0 Å². The minimum Gasteiger partial charge on any atom is -0.497 e. The summed E-state index contributed by atoms with van der Waals surface area (Å²) in [4.78, 5) is 18.1. The van der Waals surface area contributed by atoms with E-state index in [0.29, 0.717) is 23.7 Å². The number of rotatable bonds is 9. The van der Waals surface area contributed by atoms with Crippen LogP contribution < -0.4 is 14.8 Å². The minimum atomic E-state index is -1.69. The van der Waals surface area contributed by atoms with Crippen molar-refractivity contribution in [1.82, 2.24) is 19.6 Å². The Morgan fingerprint density at radius 3 is 2.39 bits per heavy atom. The van der Waals surface area contributed by atoms with Crippen molar-refractivity contribution in [2.24, 2.45) is 0 Å². The number of hydrogen-bond acceptors (Lipinski definition) is 4. The van der Waals surface area contributed by atoms with E-state index in [9.17, 15) is 9.00 Å². The van der Waals surface area contributed by atoms with Crippen molar-refractivity contribution >= 4 is 32.9 Å². The molecule has 9 heteroatoms. The van der Waals surface area contributed by atoms with E-state index >= 15 is 0 Å². The van der Waals surface area contributed by atoms with Crippen LogP contribution in [0.5, 0.6) is 5.75 Å². The van der Waals surface area contributed by atoms with Crippen LogP contribution in [0.4, 0.5) is 4.79 Å². The van der Waals surface area contributed by atoms with Crippen LogP contribution in [0.2, 0.25) is 0 Å². The molecule has 4 rings (SSSR count). The van der Waals surface area contributed by atoms with E-state index in [1.807, 2.05) is 78.2 Å². The summed E-state index contributed by atoms with van der Waals surface area (Å²) in [5.74, 6) is 1.46. The number of methoxy groups -OCH3 is 1. The molecule has 3 aromatic carbocycles. The molecule has 1 aromatic heterocycles. The summed E-state index contributed by atoms with van der Waals surface area (Å²) in [6.07, 6.45) is 2.23. The molecule has 0 fully saturated rings. The minimum absolute atomic E-state index is 0.466. The van der Waals surface area contributed by atoms with Crippen LogP contribution in [0, 0.1) is 6.92 Å². The molecule has 36 heavy (non-hydrogen) atoms. The van der Waals surface area contributed by atoms with Crippen LogP contribution in [0.3, 0.4) is 0 Å². The molecule has 0 aliphatic rings. The van der Waals surface area contributed by atoms with Gasteiger partial charge in [0, 0.05) is 6.54 Å². The first-order chi connectivity index (χ1) is 17.4. The molecule has 2 atom stereocenters. The van der Waals surface area contributed by atoms with Crippen LogP contribution >= 0.6 is 15.9 Å². The normalized spacial score (nSPS) is 12.5. The fourth-order valence-corrected chi connectivity index (χ4v) is 4.90. The number of nitrogens with one attached hydrogen (secondary N) is 2. The van der Waals surface area contributed by atoms with Gasteiger partial charge < -0.3 is 14.6 Å². The second-order valence-electron chi connectivity index (χ2n) is 8.27. The summed E-state index contributed by atoms with van der Waals surface area (Å²) < 4.78 is 23.3. The molecule has 2 unspecified atom stereocenters. The summed E-state index contributed by atoms with van der Waals surface area (Å²) in [5.41, 5.74) is 3.15. The average molecular weight is 568 g/mol. The molecule has 0 aliphatic heterocycles. The second kappa shape index (κ2) is 12.0. The Morgan fingerprint density at radius 1 is 1.03 bits per heavy atom. The number of amides is 2. The van der Waals surface area contributed by atoms with E-state index < -0.39 is 23.1 Å². The third-order valence-electron chi connectivity index (χ3n) is 5.66. The van der Waals surface area contributed by atoms with E-state index in [0.717, 1.165) is 27.0 Å². The summed E-state index contributed by atoms with van der Waals surface area (Å²) in [6, 6.07) is 23.9. The van der Waals surface area contributed by atoms with Crippen molar-refractivity contribution < 1.29 is 13.7 Å². The summed E-state index contributed by atoms with van der Waals surface area (Å²) in [6.45, 7) is 2.50. The SMILES string of the molecule is COc1ccc(Cn2c(Br)cnc2C(Cc2ccccc2)NC(=O)NS(=O)c2ccc(C)cc2)cc1. The molecule has 2 amide bonds. The number of carbonyl (C=O) groups excluding carboxylic acids is 1.